The number of methoxy groups -OCH3 is 1. The first-order chi connectivity index (χ1) is 12.0. The second-order valence-corrected chi connectivity index (χ2v) is 7.44. The lowest BCUT2D eigenvalue weighted by atomic mass is 10.0. The lowest BCUT2D eigenvalue weighted by Crippen LogP contribution is -2.38. The molecule has 2 atom stereocenters. The fourth-order valence-corrected chi connectivity index (χ4v) is 3.86. The van der Waals surface area contributed by atoms with Crippen LogP contribution in [0.5, 0.6) is 5.75 Å². The first-order valence-electron chi connectivity index (χ1n) is 9.23. The number of carbonyl (C=O) groups excluding carboxylic acids is 2. The highest BCUT2D eigenvalue weighted by Gasteiger charge is 2.38. The lowest BCUT2D eigenvalue weighted by Gasteiger charge is -2.24. The standard InChI is InChI=1S/C20H28N2O3/c1-14-5-4-9-21(10-8-14)20(24)16-12-19(23)22(13-16)17-11-15(2)6-7-18(17)25-3/h6-7,11,14,16H,4-5,8-10,12-13H2,1-3H3. The molecule has 5 nitrogen and oxygen atoms in total. The molecule has 0 saturated carbocycles. The number of likely N-dealkylation sites (tertiary alicyclic amines) is 1. The quantitative estimate of drug-likeness (QED) is 0.847. The molecule has 5 heteroatoms. The van der Waals surface area contributed by atoms with E-state index in [-0.39, 0.29) is 17.7 Å². The molecule has 3 rings (SSSR count). The average Bonchev–Trinajstić information content (AvgIpc) is 2.85. The third-order valence-corrected chi connectivity index (χ3v) is 5.43. The van der Waals surface area contributed by atoms with Crippen molar-refractivity contribution in [3.63, 3.8) is 0 Å². The number of aryl methyl sites for hydroxylation is 1. The van der Waals surface area contributed by atoms with Crippen LogP contribution in [0.3, 0.4) is 0 Å². The molecule has 2 amide bonds. The molecular weight excluding hydrogens is 316 g/mol. The van der Waals surface area contributed by atoms with Gasteiger partial charge in [0.1, 0.15) is 5.75 Å². The summed E-state index contributed by atoms with van der Waals surface area (Å²) < 4.78 is 5.41. The highest BCUT2D eigenvalue weighted by Crippen LogP contribution is 2.34. The Morgan fingerprint density at radius 2 is 2.04 bits per heavy atom. The summed E-state index contributed by atoms with van der Waals surface area (Å²) in [4.78, 5) is 29.2. The number of nitrogens with zero attached hydrogens (tertiary/aromatic N) is 2. The Hall–Kier alpha value is -2.04. The molecule has 25 heavy (non-hydrogen) atoms. The van der Waals surface area contributed by atoms with Crippen LogP contribution < -0.4 is 9.64 Å². The molecule has 2 aliphatic heterocycles. The summed E-state index contributed by atoms with van der Waals surface area (Å²) in [7, 11) is 1.61. The van der Waals surface area contributed by atoms with Crippen LogP contribution in [0.15, 0.2) is 18.2 Å². The minimum Gasteiger partial charge on any atom is -0.495 e. The summed E-state index contributed by atoms with van der Waals surface area (Å²) in [5.41, 5.74) is 1.84. The van der Waals surface area contributed by atoms with Crippen LogP contribution in [0, 0.1) is 18.8 Å². The van der Waals surface area contributed by atoms with Crippen LogP contribution in [-0.2, 0) is 9.59 Å². The van der Waals surface area contributed by atoms with Gasteiger partial charge in [-0.15, -0.1) is 0 Å². The van der Waals surface area contributed by atoms with Crippen molar-refractivity contribution in [2.24, 2.45) is 11.8 Å². The van der Waals surface area contributed by atoms with Gasteiger partial charge in [-0.05, 0) is 49.8 Å². The first-order valence-corrected chi connectivity index (χ1v) is 9.23. The zero-order valence-corrected chi connectivity index (χ0v) is 15.5. The van der Waals surface area contributed by atoms with Crippen molar-refractivity contribution < 1.29 is 14.3 Å². The highest BCUT2D eigenvalue weighted by atomic mass is 16.5. The Labute approximate surface area is 149 Å². The zero-order chi connectivity index (χ0) is 18.0. The number of benzene rings is 1. The normalized spacial score (nSPS) is 24.4. The lowest BCUT2D eigenvalue weighted by molar-refractivity contribution is -0.135. The zero-order valence-electron chi connectivity index (χ0n) is 15.5. The van der Waals surface area contributed by atoms with Gasteiger partial charge in [-0.3, -0.25) is 9.59 Å². The van der Waals surface area contributed by atoms with Crippen molar-refractivity contribution in [3.05, 3.63) is 23.8 Å². The monoisotopic (exact) mass is 344 g/mol. The van der Waals surface area contributed by atoms with Gasteiger partial charge in [-0.25, -0.2) is 0 Å². The fourth-order valence-electron chi connectivity index (χ4n) is 3.86. The Morgan fingerprint density at radius 1 is 1.24 bits per heavy atom. The Bertz CT molecular complexity index is 658. The molecule has 2 saturated heterocycles. The molecule has 2 aliphatic rings. The van der Waals surface area contributed by atoms with Crippen LogP contribution in [0.25, 0.3) is 0 Å². The fraction of sp³-hybridized carbons (Fsp3) is 0.600. The topological polar surface area (TPSA) is 49.9 Å². The van der Waals surface area contributed by atoms with Gasteiger partial charge >= 0.3 is 0 Å². The summed E-state index contributed by atoms with van der Waals surface area (Å²) in [5.74, 6) is 1.25. The molecule has 0 N–H and O–H groups in total. The average molecular weight is 344 g/mol. The number of ether oxygens (including phenoxy) is 1. The molecule has 0 bridgehead atoms. The number of hydrogen-bond donors (Lipinski definition) is 0. The Morgan fingerprint density at radius 3 is 2.80 bits per heavy atom. The van der Waals surface area contributed by atoms with Crippen LogP contribution in [-0.4, -0.2) is 43.5 Å². The molecule has 136 valence electrons. The maximum atomic E-state index is 12.9. The van der Waals surface area contributed by atoms with E-state index in [4.69, 9.17) is 4.74 Å². The van der Waals surface area contributed by atoms with Gasteiger partial charge in [0.25, 0.3) is 0 Å². The van der Waals surface area contributed by atoms with Gasteiger partial charge in [0.15, 0.2) is 0 Å². The van der Waals surface area contributed by atoms with Crippen molar-refractivity contribution >= 4 is 17.5 Å². The highest BCUT2D eigenvalue weighted by molar-refractivity contribution is 6.01. The van der Waals surface area contributed by atoms with Gasteiger partial charge in [0.05, 0.1) is 18.7 Å². The van der Waals surface area contributed by atoms with Crippen molar-refractivity contribution in [1.82, 2.24) is 4.90 Å². The molecule has 1 aromatic rings. The summed E-state index contributed by atoms with van der Waals surface area (Å²) >= 11 is 0. The van der Waals surface area contributed by atoms with E-state index in [9.17, 15) is 9.59 Å². The Balaban J connectivity index is 1.74. The second kappa shape index (κ2) is 7.46. The number of rotatable bonds is 3. The van der Waals surface area contributed by atoms with Crippen LogP contribution in [0.2, 0.25) is 0 Å². The van der Waals surface area contributed by atoms with E-state index in [2.05, 4.69) is 6.92 Å². The van der Waals surface area contributed by atoms with E-state index in [1.165, 1.54) is 6.42 Å². The SMILES string of the molecule is COc1ccc(C)cc1N1CC(C(=O)N2CCCC(C)CC2)CC1=O. The predicted octanol–water partition coefficient (Wildman–Crippen LogP) is 3.01. The maximum absolute atomic E-state index is 12.9. The molecule has 1 aromatic carbocycles. The maximum Gasteiger partial charge on any atom is 0.228 e. The summed E-state index contributed by atoms with van der Waals surface area (Å²) in [5, 5.41) is 0. The van der Waals surface area contributed by atoms with E-state index in [0.29, 0.717) is 24.6 Å². The molecule has 2 heterocycles. The molecular formula is C20H28N2O3. The predicted molar refractivity (Wildman–Crippen MR) is 97.8 cm³/mol. The van der Waals surface area contributed by atoms with Crippen LogP contribution in [0.4, 0.5) is 5.69 Å². The molecule has 2 unspecified atom stereocenters. The Kier molecular flexibility index (Phi) is 5.30. The third-order valence-electron chi connectivity index (χ3n) is 5.43. The van der Waals surface area contributed by atoms with E-state index in [0.717, 1.165) is 37.2 Å². The van der Waals surface area contributed by atoms with Gasteiger partial charge in [-0.1, -0.05) is 13.0 Å². The first kappa shape index (κ1) is 17.8. The van der Waals surface area contributed by atoms with E-state index >= 15 is 0 Å². The minimum atomic E-state index is -0.244. The van der Waals surface area contributed by atoms with Crippen molar-refractivity contribution in [2.45, 2.75) is 39.5 Å². The largest absolute Gasteiger partial charge is 0.495 e. The molecule has 0 spiro atoms. The summed E-state index contributed by atoms with van der Waals surface area (Å²) in [6.07, 6.45) is 3.59. The number of carbonyl (C=O) groups is 2. The second-order valence-electron chi connectivity index (χ2n) is 7.44. The molecule has 0 aromatic heterocycles. The minimum absolute atomic E-state index is 0.00504. The van der Waals surface area contributed by atoms with Crippen molar-refractivity contribution in [2.75, 3.05) is 31.6 Å². The van der Waals surface area contributed by atoms with Gasteiger partial charge in [0.2, 0.25) is 11.8 Å². The number of anilines is 1. The molecule has 0 radical (unpaired) electrons. The summed E-state index contributed by atoms with van der Waals surface area (Å²) in [6, 6.07) is 5.80. The van der Waals surface area contributed by atoms with Gasteiger partial charge in [-0.2, -0.15) is 0 Å². The number of hydrogen-bond acceptors (Lipinski definition) is 3. The third kappa shape index (κ3) is 3.80. The smallest absolute Gasteiger partial charge is 0.228 e. The van der Waals surface area contributed by atoms with Gasteiger partial charge < -0.3 is 14.5 Å². The van der Waals surface area contributed by atoms with Crippen LogP contribution >= 0.6 is 0 Å². The van der Waals surface area contributed by atoms with Gasteiger partial charge in [0, 0.05) is 26.1 Å². The van der Waals surface area contributed by atoms with Crippen molar-refractivity contribution in [3.8, 4) is 5.75 Å². The summed E-state index contributed by atoms with van der Waals surface area (Å²) in [6.45, 7) is 6.33. The van der Waals surface area contributed by atoms with E-state index in [1.807, 2.05) is 30.0 Å². The van der Waals surface area contributed by atoms with E-state index in [1.54, 1.807) is 12.0 Å². The molecule has 0 aliphatic carbocycles. The number of amides is 2. The van der Waals surface area contributed by atoms with Crippen LogP contribution in [0.1, 0.15) is 38.2 Å². The van der Waals surface area contributed by atoms with Crippen molar-refractivity contribution in [1.29, 1.82) is 0 Å². The molecule has 2 fully saturated rings. The van der Waals surface area contributed by atoms with E-state index < -0.39 is 0 Å².